The van der Waals surface area contributed by atoms with Gasteiger partial charge in [0.15, 0.2) is 5.58 Å². The summed E-state index contributed by atoms with van der Waals surface area (Å²) in [5, 5.41) is 0.727. The number of nitrogens with two attached hydrogens (primary N) is 1. The van der Waals surface area contributed by atoms with Crippen LogP contribution in [0.3, 0.4) is 0 Å². The Labute approximate surface area is 131 Å². The third-order valence-electron chi connectivity index (χ3n) is 3.60. The molecule has 1 aliphatic heterocycles. The number of aromatic nitrogens is 1. The van der Waals surface area contributed by atoms with E-state index < -0.39 is 0 Å². The van der Waals surface area contributed by atoms with E-state index in [4.69, 9.17) is 10.2 Å². The van der Waals surface area contributed by atoms with Crippen molar-refractivity contribution in [2.75, 3.05) is 17.2 Å². The number of nitrogens with zero attached hydrogens (tertiary/aromatic N) is 1. The second kappa shape index (κ2) is 5.31. The number of fused-ring (bicyclic) bond motifs is 2. The molecule has 1 atom stereocenters. The van der Waals surface area contributed by atoms with E-state index in [1.54, 1.807) is 11.8 Å². The minimum absolute atomic E-state index is 0.566. The molecule has 0 bridgehead atoms. The molecule has 1 aromatic heterocycles. The van der Waals surface area contributed by atoms with Crippen molar-refractivity contribution in [2.45, 2.75) is 16.0 Å². The maximum Gasteiger partial charge on any atom is 0.256 e. The van der Waals surface area contributed by atoms with Gasteiger partial charge >= 0.3 is 0 Å². The van der Waals surface area contributed by atoms with Crippen LogP contribution in [0.5, 0.6) is 0 Å². The Kier molecular flexibility index (Phi) is 3.31. The molecule has 0 amide bonds. The summed E-state index contributed by atoms with van der Waals surface area (Å²) in [6.45, 7) is 0. The molecule has 21 heavy (non-hydrogen) atoms. The van der Waals surface area contributed by atoms with Crippen molar-refractivity contribution in [3.63, 3.8) is 0 Å². The lowest BCUT2D eigenvalue weighted by atomic mass is 10.0. The van der Waals surface area contributed by atoms with Crippen LogP contribution in [0.4, 0.5) is 5.69 Å². The Morgan fingerprint density at radius 1 is 1.29 bits per heavy atom. The van der Waals surface area contributed by atoms with Gasteiger partial charge in [-0.15, -0.1) is 11.8 Å². The van der Waals surface area contributed by atoms with Crippen LogP contribution in [0.2, 0.25) is 0 Å². The summed E-state index contributed by atoms with van der Waals surface area (Å²) in [6.07, 6.45) is 0. The molecule has 0 saturated carbocycles. The van der Waals surface area contributed by atoms with Crippen molar-refractivity contribution < 1.29 is 4.42 Å². The van der Waals surface area contributed by atoms with Crippen LogP contribution in [-0.4, -0.2) is 16.5 Å². The number of nitrogen functional groups attached to an aromatic ring is 1. The second-order valence-corrected chi connectivity index (χ2v) is 7.10. The molecule has 2 aromatic carbocycles. The molecule has 0 radical (unpaired) electrons. The van der Waals surface area contributed by atoms with Crippen LogP contribution in [-0.2, 0) is 0 Å². The molecule has 5 heteroatoms. The van der Waals surface area contributed by atoms with Gasteiger partial charge in [0.25, 0.3) is 5.22 Å². The Balaban J connectivity index is 1.51. The van der Waals surface area contributed by atoms with Gasteiger partial charge in [-0.2, -0.15) is 0 Å². The Hall–Kier alpha value is -1.59. The summed E-state index contributed by atoms with van der Waals surface area (Å²) in [5.41, 5.74) is 9.57. The first-order chi connectivity index (χ1) is 10.3. The standard InChI is InChI=1S/C16H14N2OS2/c17-11-5-6-14-13(7-11)18-16(19-14)21-9-10-8-20-15-4-2-1-3-12(10)15/h1-7,10H,8-9,17H2. The largest absolute Gasteiger partial charge is 0.431 e. The number of hydrogen-bond donors (Lipinski definition) is 1. The molecule has 4 rings (SSSR count). The molecular formula is C16H14N2OS2. The number of benzene rings is 2. The molecule has 0 fully saturated rings. The van der Waals surface area contributed by atoms with Crippen molar-refractivity contribution in [1.82, 2.24) is 4.98 Å². The van der Waals surface area contributed by atoms with E-state index in [0.717, 1.165) is 27.8 Å². The fourth-order valence-electron chi connectivity index (χ4n) is 2.52. The second-order valence-electron chi connectivity index (χ2n) is 5.06. The smallest absolute Gasteiger partial charge is 0.256 e. The Morgan fingerprint density at radius 3 is 3.14 bits per heavy atom. The molecule has 1 unspecified atom stereocenters. The third kappa shape index (κ3) is 2.51. The van der Waals surface area contributed by atoms with Crippen molar-refractivity contribution in [3.05, 3.63) is 48.0 Å². The zero-order valence-electron chi connectivity index (χ0n) is 11.3. The number of oxazole rings is 1. The summed E-state index contributed by atoms with van der Waals surface area (Å²) in [5.74, 6) is 2.70. The van der Waals surface area contributed by atoms with E-state index in [2.05, 4.69) is 29.2 Å². The van der Waals surface area contributed by atoms with Crippen LogP contribution in [0.1, 0.15) is 11.5 Å². The summed E-state index contributed by atoms with van der Waals surface area (Å²) in [4.78, 5) is 5.91. The van der Waals surface area contributed by atoms with Gasteiger partial charge in [-0.1, -0.05) is 30.0 Å². The van der Waals surface area contributed by atoms with Gasteiger partial charge in [-0.25, -0.2) is 4.98 Å². The summed E-state index contributed by atoms with van der Waals surface area (Å²) in [7, 11) is 0. The van der Waals surface area contributed by atoms with Crippen LogP contribution in [0.15, 0.2) is 57.0 Å². The lowest BCUT2D eigenvalue weighted by molar-refractivity contribution is 0.489. The summed E-state index contributed by atoms with van der Waals surface area (Å²) < 4.78 is 5.76. The van der Waals surface area contributed by atoms with Crippen molar-refractivity contribution in [1.29, 1.82) is 0 Å². The summed E-state index contributed by atoms with van der Waals surface area (Å²) in [6, 6.07) is 14.2. The van der Waals surface area contributed by atoms with Gasteiger partial charge in [0.1, 0.15) is 5.52 Å². The number of rotatable bonds is 3. The lowest BCUT2D eigenvalue weighted by Gasteiger charge is -2.07. The Bertz CT molecular complexity index is 800. The van der Waals surface area contributed by atoms with Gasteiger partial charge in [0, 0.05) is 28.0 Å². The molecular weight excluding hydrogens is 300 g/mol. The molecule has 2 N–H and O–H groups in total. The predicted octanol–water partition coefficient (Wildman–Crippen LogP) is 4.39. The highest BCUT2D eigenvalue weighted by atomic mass is 32.2. The number of hydrogen-bond acceptors (Lipinski definition) is 5. The van der Waals surface area contributed by atoms with Crippen molar-refractivity contribution in [2.24, 2.45) is 0 Å². The van der Waals surface area contributed by atoms with Gasteiger partial charge < -0.3 is 10.2 Å². The molecule has 2 heterocycles. The first-order valence-electron chi connectivity index (χ1n) is 6.80. The first-order valence-corrected chi connectivity index (χ1v) is 8.77. The van der Waals surface area contributed by atoms with Gasteiger partial charge in [-0.05, 0) is 29.8 Å². The number of thioether (sulfide) groups is 2. The van der Waals surface area contributed by atoms with E-state index in [9.17, 15) is 0 Å². The molecule has 3 nitrogen and oxygen atoms in total. The average Bonchev–Trinajstić information content (AvgIpc) is 3.08. The maximum atomic E-state index is 5.77. The van der Waals surface area contributed by atoms with E-state index in [-0.39, 0.29) is 0 Å². The van der Waals surface area contributed by atoms with Crippen molar-refractivity contribution in [3.8, 4) is 0 Å². The minimum Gasteiger partial charge on any atom is -0.431 e. The monoisotopic (exact) mass is 314 g/mol. The fourth-order valence-corrected chi connectivity index (χ4v) is 4.88. The number of anilines is 1. The van der Waals surface area contributed by atoms with Crippen LogP contribution >= 0.6 is 23.5 Å². The third-order valence-corrected chi connectivity index (χ3v) is 5.84. The van der Waals surface area contributed by atoms with Crippen molar-refractivity contribution >= 4 is 40.3 Å². The van der Waals surface area contributed by atoms with E-state index in [1.807, 2.05) is 30.0 Å². The van der Waals surface area contributed by atoms with Gasteiger partial charge in [-0.3, -0.25) is 0 Å². The zero-order chi connectivity index (χ0) is 14.2. The van der Waals surface area contributed by atoms with Crippen LogP contribution in [0, 0.1) is 0 Å². The first kappa shape index (κ1) is 13.1. The normalized spacial score (nSPS) is 17.2. The summed E-state index contributed by atoms with van der Waals surface area (Å²) >= 11 is 3.62. The maximum absolute atomic E-state index is 5.77. The zero-order valence-corrected chi connectivity index (χ0v) is 12.9. The predicted molar refractivity (Wildman–Crippen MR) is 89.1 cm³/mol. The van der Waals surface area contributed by atoms with E-state index in [1.165, 1.54) is 10.5 Å². The van der Waals surface area contributed by atoms with Crippen LogP contribution in [0.25, 0.3) is 11.1 Å². The molecule has 0 spiro atoms. The lowest BCUT2D eigenvalue weighted by Crippen LogP contribution is -1.99. The minimum atomic E-state index is 0.566. The highest BCUT2D eigenvalue weighted by molar-refractivity contribution is 8.00. The Morgan fingerprint density at radius 2 is 2.19 bits per heavy atom. The average molecular weight is 314 g/mol. The van der Waals surface area contributed by atoms with Crippen LogP contribution < -0.4 is 5.73 Å². The topological polar surface area (TPSA) is 52.0 Å². The van der Waals surface area contributed by atoms with E-state index >= 15 is 0 Å². The molecule has 3 aromatic rings. The molecule has 106 valence electrons. The molecule has 1 aliphatic rings. The SMILES string of the molecule is Nc1ccc2oc(SCC3CSc4ccccc43)nc2c1. The van der Waals surface area contributed by atoms with Gasteiger partial charge in [0.2, 0.25) is 0 Å². The highest BCUT2D eigenvalue weighted by Crippen LogP contribution is 2.41. The highest BCUT2D eigenvalue weighted by Gasteiger charge is 2.23. The van der Waals surface area contributed by atoms with E-state index in [0.29, 0.717) is 11.6 Å². The molecule has 0 saturated heterocycles. The van der Waals surface area contributed by atoms with Gasteiger partial charge in [0.05, 0.1) is 0 Å². The quantitative estimate of drug-likeness (QED) is 0.574. The molecule has 0 aliphatic carbocycles. The fraction of sp³-hybridized carbons (Fsp3) is 0.188.